The lowest BCUT2D eigenvalue weighted by Crippen LogP contribution is -2.18. The van der Waals surface area contributed by atoms with E-state index in [-0.39, 0.29) is 5.91 Å². The second-order valence-electron chi connectivity index (χ2n) is 4.54. The molecule has 0 fully saturated rings. The largest absolute Gasteiger partial charge is 0.337 e. The van der Waals surface area contributed by atoms with E-state index in [9.17, 15) is 4.79 Å². The van der Waals surface area contributed by atoms with E-state index in [1.165, 1.54) is 0 Å². The first-order valence-electron chi connectivity index (χ1n) is 6.84. The maximum absolute atomic E-state index is 12.0. The molecule has 2 aromatic rings. The highest BCUT2D eigenvalue weighted by molar-refractivity contribution is 5.91. The Kier molecular flexibility index (Phi) is 5.32. The van der Waals surface area contributed by atoms with Crippen molar-refractivity contribution < 1.29 is 4.79 Å². The highest BCUT2D eigenvalue weighted by Gasteiger charge is 2.06. The predicted molar refractivity (Wildman–Crippen MR) is 79.3 cm³/mol. The normalized spacial score (nSPS) is 10.4. The Morgan fingerprint density at radius 1 is 1.35 bits per heavy atom. The number of imidazole rings is 1. The van der Waals surface area contributed by atoms with Crippen molar-refractivity contribution in [2.75, 3.05) is 11.9 Å². The Balaban J connectivity index is 1.90. The van der Waals surface area contributed by atoms with Crippen LogP contribution in [0.25, 0.3) is 0 Å². The molecule has 0 aliphatic heterocycles. The molecule has 0 spiro atoms. The molecule has 1 aromatic heterocycles. The van der Waals surface area contributed by atoms with E-state index >= 15 is 0 Å². The molecule has 2 N–H and O–H groups in total. The van der Waals surface area contributed by atoms with Gasteiger partial charge in [0.15, 0.2) is 0 Å². The summed E-state index contributed by atoms with van der Waals surface area (Å²) in [4.78, 5) is 15.9. The summed E-state index contributed by atoms with van der Waals surface area (Å²) in [6, 6.07) is 7.87. The van der Waals surface area contributed by atoms with E-state index in [1.807, 2.05) is 35.0 Å². The third kappa shape index (κ3) is 4.20. The Hall–Kier alpha value is -2.14. The number of hydrogen-bond acceptors (Lipinski definition) is 3. The fourth-order valence-electron chi connectivity index (χ4n) is 1.92. The number of benzene rings is 1. The quantitative estimate of drug-likeness (QED) is 0.810. The zero-order chi connectivity index (χ0) is 14.2. The maximum Gasteiger partial charge on any atom is 0.226 e. The number of anilines is 1. The van der Waals surface area contributed by atoms with Gasteiger partial charge in [-0.3, -0.25) is 4.79 Å². The number of aryl methyl sites for hydroxylation is 1. The lowest BCUT2D eigenvalue weighted by Gasteiger charge is -2.11. The van der Waals surface area contributed by atoms with Crippen LogP contribution in [0.3, 0.4) is 0 Å². The summed E-state index contributed by atoms with van der Waals surface area (Å²) in [5.41, 5.74) is 1.98. The zero-order valence-corrected chi connectivity index (χ0v) is 11.7. The van der Waals surface area contributed by atoms with Crippen LogP contribution < -0.4 is 10.6 Å². The molecule has 1 aromatic carbocycles. The molecule has 5 heteroatoms. The Morgan fingerprint density at radius 3 is 2.95 bits per heavy atom. The lowest BCUT2D eigenvalue weighted by atomic mass is 10.1. The van der Waals surface area contributed by atoms with E-state index < -0.39 is 0 Å². The van der Waals surface area contributed by atoms with E-state index in [2.05, 4.69) is 22.5 Å². The van der Waals surface area contributed by atoms with Crippen LogP contribution in [0.5, 0.6) is 0 Å². The van der Waals surface area contributed by atoms with Crippen molar-refractivity contribution >= 4 is 11.6 Å². The molecule has 0 aliphatic rings. The van der Waals surface area contributed by atoms with E-state index in [1.54, 1.807) is 12.5 Å². The molecule has 0 radical (unpaired) electrons. The summed E-state index contributed by atoms with van der Waals surface area (Å²) in [5.74, 6) is 0.0163. The summed E-state index contributed by atoms with van der Waals surface area (Å²) >= 11 is 0. The van der Waals surface area contributed by atoms with Gasteiger partial charge in [-0.2, -0.15) is 0 Å². The van der Waals surface area contributed by atoms with Crippen LogP contribution in [0.2, 0.25) is 0 Å². The van der Waals surface area contributed by atoms with E-state index in [0.29, 0.717) is 13.0 Å². The number of amides is 1. The average molecular weight is 272 g/mol. The molecule has 106 valence electrons. The van der Waals surface area contributed by atoms with Crippen molar-refractivity contribution in [3.8, 4) is 0 Å². The van der Waals surface area contributed by atoms with E-state index in [0.717, 1.165) is 24.3 Å². The molecule has 20 heavy (non-hydrogen) atoms. The fourth-order valence-corrected chi connectivity index (χ4v) is 1.92. The Bertz CT molecular complexity index is 537. The van der Waals surface area contributed by atoms with Crippen molar-refractivity contribution in [1.29, 1.82) is 0 Å². The highest BCUT2D eigenvalue weighted by Crippen LogP contribution is 2.15. The van der Waals surface area contributed by atoms with Gasteiger partial charge in [-0.1, -0.05) is 25.1 Å². The molecule has 0 unspecified atom stereocenters. The molecule has 1 heterocycles. The second-order valence-corrected chi connectivity index (χ2v) is 4.54. The molecule has 0 aliphatic carbocycles. The fraction of sp³-hybridized carbons (Fsp3) is 0.333. The minimum atomic E-state index is 0.0163. The van der Waals surface area contributed by atoms with Crippen LogP contribution >= 0.6 is 0 Å². The van der Waals surface area contributed by atoms with Crippen molar-refractivity contribution in [2.24, 2.45) is 0 Å². The van der Waals surface area contributed by atoms with Gasteiger partial charge in [-0.25, -0.2) is 4.98 Å². The van der Waals surface area contributed by atoms with Gasteiger partial charge >= 0.3 is 0 Å². The molecular formula is C15H20N4O. The number of nitrogens with one attached hydrogen (secondary N) is 2. The molecule has 5 nitrogen and oxygen atoms in total. The average Bonchev–Trinajstić information content (AvgIpc) is 2.97. The number of carbonyl (C=O) groups is 1. The third-order valence-corrected chi connectivity index (χ3v) is 3.01. The van der Waals surface area contributed by atoms with Crippen LogP contribution in [0.15, 0.2) is 43.0 Å². The third-order valence-electron chi connectivity index (χ3n) is 3.01. The van der Waals surface area contributed by atoms with Crippen molar-refractivity contribution in [3.05, 3.63) is 48.5 Å². The first-order valence-corrected chi connectivity index (χ1v) is 6.84. The van der Waals surface area contributed by atoms with Crippen LogP contribution in [-0.4, -0.2) is 22.0 Å². The minimum absolute atomic E-state index is 0.0163. The van der Waals surface area contributed by atoms with Gasteiger partial charge in [-0.05, 0) is 18.2 Å². The Morgan fingerprint density at radius 2 is 2.20 bits per heavy atom. The number of carbonyl (C=O) groups excluding carboxylic acids is 1. The van der Waals surface area contributed by atoms with Crippen molar-refractivity contribution in [3.63, 3.8) is 0 Å². The number of aromatic nitrogens is 2. The lowest BCUT2D eigenvalue weighted by molar-refractivity contribution is -0.116. The first kappa shape index (κ1) is 14.3. The summed E-state index contributed by atoms with van der Waals surface area (Å²) < 4.78 is 1.89. The molecule has 2 rings (SSSR count). The first-order chi connectivity index (χ1) is 9.79. The van der Waals surface area contributed by atoms with Gasteiger partial charge in [0.25, 0.3) is 0 Å². The highest BCUT2D eigenvalue weighted by atomic mass is 16.1. The van der Waals surface area contributed by atoms with Crippen LogP contribution in [-0.2, 0) is 17.9 Å². The van der Waals surface area contributed by atoms with Crippen LogP contribution in [0, 0.1) is 0 Å². The maximum atomic E-state index is 12.0. The smallest absolute Gasteiger partial charge is 0.226 e. The topological polar surface area (TPSA) is 58.9 Å². The summed E-state index contributed by atoms with van der Waals surface area (Å²) in [5, 5.41) is 6.24. The standard InChI is InChI=1S/C15H20N4O/c1-2-16-11-13-5-3-4-6-14(13)18-15(20)7-9-19-10-8-17-12-19/h3-6,8,10,12,16H,2,7,9,11H2,1H3,(H,18,20). The summed E-state index contributed by atoms with van der Waals surface area (Å²) in [7, 11) is 0. The number of hydrogen-bond donors (Lipinski definition) is 2. The molecule has 0 saturated heterocycles. The van der Waals surface area contributed by atoms with Gasteiger partial charge in [0.1, 0.15) is 0 Å². The van der Waals surface area contributed by atoms with Gasteiger partial charge in [0.05, 0.1) is 6.33 Å². The summed E-state index contributed by atoms with van der Waals surface area (Å²) in [6.45, 7) is 4.37. The van der Waals surface area contributed by atoms with Crippen molar-refractivity contribution in [2.45, 2.75) is 26.4 Å². The molecular weight excluding hydrogens is 252 g/mol. The van der Waals surface area contributed by atoms with Gasteiger partial charge < -0.3 is 15.2 Å². The minimum Gasteiger partial charge on any atom is -0.337 e. The van der Waals surface area contributed by atoms with Gasteiger partial charge in [-0.15, -0.1) is 0 Å². The second kappa shape index (κ2) is 7.45. The van der Waals surface area contributed by atoms with Crippen molar-refractivity contribution in [1.82, 2.24) is 14.9 Å². The van der Waals surface area contributed by atoms with Crippen LogP contribution in [0.4, 0.5) is 5.69 Å². The number of rotatable bonds is 7. The predicted octanol–water partition coefficient (Wildman–Crippen LogP) is 2.02. The molecule has 0 bridgehead atoms. The number of nitrogens with zero attached hydrogens (tertiary/aromatic N) is 2. The van der Waals surface area contributed by atoms with E-state index in [4.69, 9.17) is 0 Å². The number of para-hydroxylation sites is 1. The van der Waals surface area contributed by atoms with Gasteiger partial charge in [0.2, 0.25) is 5.91 Å². The summed E-state index contributed by atoms with van der Waals surface area (Å²) in [6.07, 6.45) is 5.72. The van der Waals surface area contributed by atoms with Gasteiger partial charge in [0, 0.05) is 37.6 Å². The molecule has 1 amide bonds. The Labute approximate surface area is 119 Å². The SMILES string of the molecule is CCNCc1ccccc1NC(=O)CCn1ccnc1. The molecule has 0 saturated carbocycles. The zero-order valence-electron chi connectivity index (χ0n) is 11.7. The molecule has 0 atom stereocenters. The monoisotopic (exact) mass is 272 g/mol. The van der Waals surface area contributed by atoms with Crippen LogP contribution in [0.1, 0.15) is 18.9 Å².